The van der Waals surface area contributed by atoms with Crippen molar-refractivity contribution in [3.05, 3.63) is 53.8 Å². The number of piperazine rings is 1. The van der Waals surface area contributed by atoms with Gasteiger partial charge in [0.2, 0.25) is 0 Å². The van der Waals surface area contributed by atoms with Gasteiger partial charge in [0.1, 0.15) is 5.75 Å². The maximum Gasteiger partial charge on any atom is 0.194 e. The molecule has 0 aromatic heterocycles. The van der Waals surface area contributed by atoms with Gasteiger partial charge in [-0.15, -0.1) is 0 Å². The van der Waals surface area contributed by atoms with E-state index in [1.54, 1.807) is 12.1 Å². The Labute approximate surface area is 158 Å². The fraction of sp³-hybridized carbons (Fsp3) is 0.350. The minimum Gasteiger partial charge on any atom is -0.506 e. The number of anilines is 1. The maximum absolute atomic E-state index is 13.5. The SMILES string of the molecule is CCNC(=NCc1ccc(O)c(F)c1)N1CCN(c2ccccc2O)CC1. The van der Waals surface area contributed by atoms with Crippen LogP contribution < -0.4 is 10.2 Å². The fourth-order valence-corrected chi connectivity index (χ4v) is 3.13. The van der Waals surface area contributed by atoms with Gasteiger partial charge < -0.3 is 25.3 Å². The number of hydrogen-bond acceptors (Lipinski definition) is 4. The van der Waals surface area contributed by atoms with Gasteiger partial charge in [-0.2, -0.15) is 0 Å². The number of guanidine groups is 1. The van der Waals surface area contributed by atoms with Crippen molar-refractivity contribution in [1.29, 1.82) is 0 Å². The van der Waals surface area contributed by atoms with Gasteiger partial charge in [0.25, 0.3) is 0 Å². The predicted molar refractivity (Wildman–Crippen MR) is 105 cm³/mol. The van der Waals surface area contributed by atoms with E-state index in [2.05, 4.69) is 20.1 Å². The van der Waals surface area contributed by atoms with Crippen LogP contribution in [0, 0.1) is 5.82 Å². The number of para-hydroxylation sites is 2. The highest BCUT2D eigenvalue weighted by Gasteiger charge is 2.21. The molecule has 2 aromatic rings. The van der Waals surface area contributed by atoms with E-state index in [-0.39, 0.29) is 5.75 Å². The normalized spacial score (nSPS) is 15.1. The molecule has 3 N–H and O–H groups in total. The number of halogens is 1. The van der Waals surface area contributed by atoms with E-state index in [0.29, 0.717) is 17.9 Å². The maximum atomic E-state index is 13.5. The van der Waals surface area contributed by atoms with Crippen LogP contribution in [0.4, 0.5) is 10.1 Å². The molecule has 0 atom stereocenters. The van der Waals surface area contributed by atoms with E-state index in [0.717, 1.165) is 44.4 Å². The molecular weight excluding hydrogens is 347 g/mol. The van der Waals surface area contributed by atoms with Crippen molar-refractivity contribution in [2.24, 2.45) is 4.99 Å². The van der Waals surface area contributed by atoms with Crippen molar-refractivity contribution in [2.45, 2.75) is 13.5 Å². The molecule has 144 valence electrons. The summed E-state index contributed by atoms with van der Waals surface area (Å²) < 4.78 is 13.5. The first-order valence-electron chi connectivity index (χ1n) is 9.12. The second-order valence-corrected chi connectivity index (χ2v) is 6.42. The standard InChI is InChI=1S/C20H25FN4O2/c1-2-22-20(23-14-15-7-8-18(26)16(21)13-15)25-11-9-24(10-12-25)17-5-3-4-6-19(17)27/h3-8,13,26-27H,2,9-12,14H2,1H3,(H,22,23). The highest BCUT2D eigenvalue weighted by Crippen LogP contribution is 2.27. The Balaban J connectivity index is 1.65. The Kier molecular flexibility index (Phi) is 6.01. The van der Waals surface area contributed by atoms with Crippen LogP contribution in [0.3, 0.4) is 0 Å². The number of aromatic hydroxyl groups is 2. The number of hydrogen-bond donors (Lipinski definition) is 3. The molecule has 0 spiro atoms. The summed E-state index contributed by atoms with van der Waals surface area (Å²) in [5, 5.41) is 22.6. The van der Waals surface area contributed by atoms with Crippen molar-refractivity contribution in [2.75, 3.05) is 37.6 Å². The Morgan fingerprint density at radius 3 is 2.48 bits per heavy atom. The van der Waals surface area contributed by atoms with Crippen LogP contribution in [0.15, 0.2) is 47.5 Å². The third-order valence-corrected chi connectivity index (χ3v) is 4.56. The van der Waals surface area contributed by atoms with Gasteiger partial charge >= 0.3 is 0 Å². The molecule has 1 aliphatic heterocycles. The first-order valence-corrected chi connectivity index (χ1v) is 9.12. The summed E-state index contributed by atoms with van der Waals surface area (Å²) in [6, 6.07) is 11.7. The topological polar surface area (TPSA) is 71.3 Å². The van der Waals surface area contributed by atoms with Crippen LogP contribution >= 0.6 is 0 Å². The minimum atomic E-state index is -0.635. The van der Waals surface area contributed by atoms with Gasteiger partial charge in [-0.1, -0.05) is 18.2 Å². The Morgan fingerprint density at radius 1 is 1.07 bits per heavy atom. The number of phenolic OH excluding ortho intramolecular Hbond substituents is 2. The molecule has 0 unspecified atom stereocenters. The zero-order valence-electron chi connectivity index (χ0n) is 15.4. The molecular formula is C20H25FN4O2. The lowest BCUT2D eigenvalue weighted by atomic mass is 10.2. The second kappa shape index (κ2) is 8.62. The van der Waals surface area contributed by atoms with E-state index < -0.39 is 5.82 Å². The number of aliphatic imine (C=N–C) groups is 1. The van der Waals surface area contributed by atoms with Crippen LogP contribution in [0.25, 0.3) is 0 Å². The van der Waals surface area contributed by atoms with Crippen LogP contribution in [-0.4, -0.2) is 53.8 Å². The van der Waals surface area contributed by atoms with Gasteiger partial charge in [-0.3, -0.25) is 0 Å². The molecule has 1 saturated heterocycles. The van der Waals surface area contributed by atoms with Gasteiger partial charge in [0.05, 0.1) is 12.2 Å². The van der Waals surface area contributed by atoms with Crippen molar-refractivity contribution in [1.82, 2.24) is 10.2 Å². The lowest BCUT2D eigenvalue weighted by Gasteiger charge is -2.37. The molecule has 1 aliphatic rings. The first kappa shape index (κ1) is 18.8. The van der Waals surface area contributed by atoms with Crippen molar-refractivity contribution >= 4 is 11.6 Å². The third kappa shape index (κ3) is 4.61. The molecule has 0 bridgehead atoms. The average Bonchev–Trinajstić information content (AvgIpc) is 2.68. The van der Waals surface area contributed by atoms with Gasteiger partial charge in [-0.05, 0) is 36.8 Å². The van der Waals surface area contributed by atoms with Crippen LogP contribution in [0.2, 0.25) is 0 Å². The minimum absolute atomic E-state index is 0.292. The number of benzene rings is 2. The van der Waals surface area contributed by atoms with Crippen molar-refractivity contribution in [3.63, 3.8) is 0 Å². The smallest absolute Gasteiger partial charge is 0.194 e. The zero-order valence-corrected chi connectivity index (χ0v) is 15.4. The summed E-state index contributed by atoms with van der Waals surface area (Å²) in [6.45, 7) is 6.16. The van der Waals surface area contributed by atoms with E-state index in [4.69, 9.17) is 0 Å². The lowest BCUT2D eigenvalue weighted by Crippen LogP contribution is -2.52. The Bertz CT molecular complexity index is 804. The Morgan fingerprint density at radius 2 is 1.81 bits per heavy atom. The highest BCUT2D eigenvalue weighted by atomic mass is 19.1. The van der Waals surface area contributed by atoms with E-state index >= 15 is 0 Å². The van der Waals surface area contributed by atoms with Crippen LogP contribution in [0.5, 0.6) is 11.5 Å². The van der Waals surface area contributed by atoms with Crippen molar-refractivity contribution in [3.8, 4) is 11.5 Å². The number of nitrogens with one attached hydrogen (secondary N) is 1. The van der Waals surface area contributed by atoms with Crippen LogP contribution in [-0.2, 0) is 6.54 Å². The monoisotopic (exact) mass is 372 g/mol. The van der Waals surface area contributed by atoms with E-state index in [9.17, 15) is 14.6 Å². The van der Waals surface area contributed by atoms with Crippen molar-refractivity contribution < 1.29 is 14.6 Å². The van der Waals surface area contributed by atoms with Gasteiger partial charge in [0, 0.05) is 32.7 Å². The summed E-state index contributed by atoms with van der Waals surface area (Å²) in [7, 11) is 0. The molecule has 0 saturated carbocycles. The predicted octanol–water partition coefficient (Wildman–Crippen LogP) is 2.52. The quantitative estimate of drug-likeness (QED) is 0.568. The molecule has 0 amide bonds. The molecule has 2 aromatic carbocycles. The number of rotatable bonds is 4. The molecule has 7 heteroatoms. The largest absolute Gasteiger partial charge is 0.506 e. The van der Waals surface area contributed by atoms with Gasteiger partial charge in [-0.25, -0.2) is 9.38 Å². The zero-order chi connectivity index (χ0) is 19.2. The number of phenols is 2. The molecule has 1 fully saturated rings. The molecule has 1 heterocycles. The third-order valence-electron chi connectivity index (χ3n) is 4.56. The number of nitrogens with zero attached hydrogens (tertiary/aromatic N) is 3. The molecule has 3 rings (SSSR count). The average molecular weight is 372 g/mol. The Hall–Kier alpha value is -2.96. The molecule has 27 heavy (non-hydrogen) atoms. The van der Waals surface area contributed by atoms with E-state index in [1.165, 1.54) is 12.1 Å². The fourth-order valence-electron chi connectivity index (χ4n) is 3.13. The van der Waals surface area contributed by atoms with E-state index in [1.807, 2.05) is 25.1 Å². The van der Waals surface area contributed by atoms with Crippen LogP contribution in [0.1, 0.15) is 12.5 Å². The lowest BCUT2D eigenvalue weighted by molar-refractivity contribution is 0.369. The molecule has 0 aliphatic carbocycles. The summed E-state index contributed by atoms with van der Waals surface area (Å²) in [5.41, 5.74) is 1.55. The summed E-state index contributed by atoms with van der Waals surface area (Å²) in [4.78, 5) is 8.93. The summed E-state index contributed by atoms with van der Waals surface area (Å²) >= 11 is 0. The first-order chi connectivity index (χ1) is 13.1. The summed E-state index contributed by atoms with van der Waals surface area (Å²) in [5.74, 6) is 0.0858. The summed E-state index contributed by atoms with van der Waals surface area (Å²) in [6.07, 6.45) is 0. The second-order valence-electron chi connectivity index (χ2n) is 6.42. The molecule has 0 radical (unpaired) electrons. The van der Waals surface area contributed by atoms with Gasteiger partial charge in [0.15, 0.2) is 17.5 Å². The highest BCUT2D eigenvalue weighted by molar-refractivity contribution is 5.80. The molecule has 6 nitrogen and oxygen atoms in total.